The van der Waals surface area contributed by atoms with Crippen molar-refractivity contribution < 1.29 is 89.0 Å². The summed E-state index contributed by atoms with van der Waals surface area (Å²) in [7, 11) is -9.88. The van der Waals surface area contributed by atoms with Gasteiger partial charge in [-0.1, -0.05) is 0 Å². The van der Waals surface area contributed by atoms with Crippen LogP contribution in [-0.2, 0) is 20.2 Å². The van der Waals surface area contributed by atoms with Gasteiger partial charge in [0.1, 0.15) is 21.3 Å². The first kappa shape index (κ1) is 18.8. The van der Waals surface area contributed by atoms with E-state index >= 15 is 0 Å². The molecule has 2 rings (SSSR count). The molecule has 0 saturated heterocycles. The second-order valence-corrected chi connectivity index (χ2v) is 6.72. The molecule has 11 heteroatoms. The Morgan fingerprint density at radius 2 is 1.29 bits per heavy atom. The van der Waals surface area contributed by atoms with E-state index in [-0.39, 0.29) is 63.6 Å². The molecule has 0 spiro atoms. The van der Waals surface area contributed by atoms with Gasteiger partial charge in [-0.2, -0.15) is 16.8 Å². The number of hydrogen-bond acceptors (Lipinski definition) is 6. The molecule has 0 unspecified atom stereocenters. The molecule has 0 aromatic heterocycles. The van der Waals surface area contributed by atoms with Crippen molar-refractivity contribution in [1.82, 2.24) is 0 Å². The van der Waals surface area contributed by atoms with Gasteiger partial charge >= 0.3 is 51.4 Å². The van der Waals surface area contributed by atoms with Gasteiger partial charge in [0.05, 0.1) is 0 Å². The second-order valence-electron chi connectivity index (χ2n) is 3.94. The minimum atomic E-state index is -4.95. The Kier molecular flexibility index (Phi) is 5.46. The molecule has 0 saturated carbocycles. The van der Waals surface area contributed by atoms with Crippen molar-refractivity contribution in [1.29, 1.82) is 0 Å². The van der Waals surface area contributed by atoms with Gasteiger partial charge in [0.25, 0.3) is 20.2 Å². The fraction of sp³-hybridized carbons (Fsp3) is 0. The Labute approximate surface area is 163 Å². The van der Waals surface area contributed by atoms with E-state index in [0.717, 1.165) is 12.1 Å². The zero-order chi connectivity index (χ0) is 15.3. The van der Waals surface area contributed by atoms with Gasteiger partial charge in [0.15, 0.2) is 0 Å². The van der Waals surface area contributed by atoms with E-state index in [1.807, 2.05) is 0 Å². The minimum absolute atomic E-state index is 0. The molecule has 0 amide bonds. The largest absolute Gasteiger partial charge is 1.00 e. The summed E-state index contributed by atoms with van der Waals surface area (Å²) in [4.78, 5) is -2.13. The summed E-state index contributed by atoms with van der Waals surface area (Å²) in [6, 6.07) is 3.36. The minimum Gasteiger partial charge on any atom is -1.00 e. The third kappa shape index (κ3) is 3.94. The monoisotopic (exact) mass is 360 g/mol. The molecule has 2 aromatic rings. The van der Waals surface area contributed by atoms with Crippen molar-refractivity contribution in [3.05, 3.63) is 24.3 Å². The van der Waals surface area contributed by atoms with E-state index < -0.39 is 41.5 Å². The normalized spacial score (nSPS) is 12.1. The number of benzene rings is 2. The molecule has 0 aliphatic carbocycles. The predicted molar refractivity (Wildman–Crippen MR) is 68.0 cm³/mol. The molecule has 8 nitrogen and oxygen atoms in total. The summed E-state index contributed by atoms with van der Waals surface area (Å²) in [6.07, 6.45) is 0. The summed E-state index contributed by atoms with van der Waals surface area (Å²) < 4.78 is 62.7. The second kappa shape index (κ2) is 6.10. The van der Waals surface area contributed by atoms with Crippen LogP contribution >= 0.6 is 0 Å². The summed E-state index contributed by atoms with van der Waals surface area (Å²) in [5.41, 5.74) is 0. The average molecular weight is 360 g/mol. The van der Waals surface area contributed by atoms with Gasteiger partial charge < -0.3 is 11.6 Å². The predicted octanol–water partition coefficient (Wildman–Crippen LogP) is -2.14. The first-order valence-electron chi connectivity index (χ1n) is 4.95. The number of fused-ring (bicyclic) bond motifs is 1. The molecule has 0 fully saturated rings. The number of phenolic OH excluding ortho intramolecular Hbond substituents is 2. The van der Waals surface area contributed by atoms with Crippen molar-refractivity contribution in [2.45, 2.75) is 9.79 Å². The van der Waals surface area contributed by atoms with Crippen LogP contribution in [0.5, 0.6) is 11.5 Å². The van der Waals surface area contributed by atoms with Gasteiger partial charge in [0, 0.05) is 11.5 Å². The van der Waals surface area contributed by atoms with Crippen LogP contribution in [0.1, 0.15) is 1.43 Å². The van der Waals surface area contributed by atoms with Crippen LogP contribution < -0.4 is 51.4 Å². The van der Waals surface area contributed by atoms with Crippen LogP contribution in [-0.4, -0.2) is 36.2 Å². The van der Waals surface area contributed by atoms with E-state index in [1.165, 1.54) is 0 Å². The standard InChI is InChI=1S/C10H8O8S2.K.H/c11-6-1-5-2-9(19(13,14)15)10(20(16,17)18)4-7(5)8(12)3-6;;/h1-4,11-12H,(H,13,14,15)(H,16,17,18);;/q;+1;-1. The Hall–Kier alpha value is -0.244. The van der Waals surface area contributed by atoms with E-state index in [0.29, 0.717) is 12.1 Å². The molecule has 4 N–H and O–H groups in total. The van der Waals surface area contributed by atoms with Gasteiger partial charge in [-0.25, -0.2) is 0 Å². The average Bonchev–Trinajstić information content (AvgIpc) is 2.24. The smallest absolute Gasteiger partial charge is 1.00 e. The quantitative estimate of drug-likeness (QED) is 0.350. The van der Waals surface area contributed by atoms with Crippen LogP contribution in [0, 0.1) is 0 Å². The number of hydrogen-bond donors (Lipinski definition) is 4. The first-order chi connectivity index (χ1) is 9.00. The number of phenols is 2. The Bertz CT molecular complexity index is 924. The fourth-order valence-electron chi connectivity index (χ4n) is 1.74. The van der Waals surface area contributed by atoms with Crippen molar-refractivity contribution in [2.24, 2.45) is 0 Å². The topological polar surface area (TPSA) is 149 Å². The van der Waals surface area contributed by atoms with Gasteiger partial charge in [0.2, 0.25) is 0 Å². The van der Waals surface area contributed by atoms with Crippen molar-refractivity contribution in [2.75, 3.05) is 0 Å². The Morgan fingerprint density at radius 1 is 0.810 bits per heavy atom. The molecule has 110 valence electrons. The van der Waals surface area contributed by atoms with Crippen LogP contribution in [0.25, 0.3) is 10.8 Å². The zero-order valence-electron chi connectivity index (χ0n) is 11.5. The fourth-order valence-corrected chi connectivity index (χ4v) is 3.54. The molecule has 0 heterocycles. The summed E-state index contributed by atoms with van der Waals surface area (Å²) in [5, 5.41) is 18.7. The van der Waals surface area contributed by atoms with Gasteiger partial charge in [-0.05, 0) is 23.6 Å². The SMILES string of the molecule is O=S(=O)(O)c1cc2cc(O)cc(O)c2cc1S(=O)(=O)O.[H-].[K+]. The van der Waals surface area contributed by atoms with Gasteiger partial charge in [-0.15, -0.1) is 0 Å². The van der Waals surface area contributed by atoms with Crippen LogP contribution in [0.15, 0.2) is 34.1 Å². The van der Waals surface area contributed by atoms with E-state index in [9.17, 15) is 27.0 Å². The maximum absolute atomic E-state index is 11.2. The molecular weight excluding hydrogens is 351 g/mol. The van der Waals surface area contributed by atoms with Gasteiger partial charge in [-0.3, -0.25) is 9.11 Å². The maximum atomic E-state index is 11.2. The molecule has 0 aliphatic rings. The van der Waals surface area contributed by atoms with E-state index in [1.54, 1.807) is 0 Å². The Morgan fingerprint density at radius 3 is 1.76 bits per heavy atom. The summed E-state index contributed by atoms with van der Waals surface area (Å²) in [6.45, 7) is 0. The third-order valence-corrected chi connectivity index (χ3v) is 4.45. The van der Waals surface area contributed by atoms with Crippen LogP contribution in [0.2, 0.25) is 0 Å². The maximum Gasteiger partial charge on any atom is 1.00 e. The van der Waals surface area contributed by atoms with Crippen molar-refractivity contribution in [3.8, 4) is 11.5 Å². The molecule has 0 aliphatic heterocycles. The van der Waals surface area contributed by atoms with E-state index in [2.05, 4.69) is 0 Å². The van der Waals surface area contributed by atoms with E-state index in [4.69, 9.17) is 9.11 Å². The third-order valence-electron chi connectivity index (χ3n) is 2.54. The Balaban J connectivity index is 0.00000220. The van der Waals surface area contributed by atoms with Crippen LogP contribution in [0.4, 0.5) is 0 Å². The number of aromatic hydroxyl groups is 2. The molecule has 0 bridgehead atoms. The first-order valence-corrected chi connectivity index (χ1v) is 7.83. The number of rotatable bonds is 2. The van der Waals surface area contributed by atoms with Crippen LogP contribution in [0.3, 0.4) is 0 Å². The molecule has 0 atom stereocenters. The zero-order valence-corrected chi connectivity index (χ0v) is 15.3. The van der Waals surface area contributed by atoms with Crippen molar-refractivity contribution >= 4 is 31.0 Å². The molecular formula is C10H9KO8S2. The molecule has 2 aromatic carbocycles. The van der Waals surface area contributed by atoms with Crippen molar-refractivity contribution in [3.63, 3.8) is 0 Å². The summed E-state index contributed by atoms with van der Waals surface area (Å²) >= 11 is 0. The molecule has 0 radical (unpaired) electrons. The molecule has 21 heavy (non-hydrogen) atoms. The summed E-state index contributed by atoms with van der Waals surface area (Å²) in [5.74, 6) is -0.914.